The monoisotopic (exact) mass is 338 g/mol. The van der Waals surface area contributed by atoms with Crippen LogP contribution in [0.4, 0.5) is 0 Å². The lowest BCUT2D eigenvalue weighted by molar-refractivity contribution is -0.254. The van der Waals surface area contributed by atoms with E-state index in [0.717, 1.165) is 33.8 Å². The molecule has 24 heavy (non-hydrogen) atoms. The highest BCUT2D eigenvalue weighted by molar-refractivity contribution is 7.17. The molecule has 0 atom stereocenters. The van der Waals surface area contributed by atoms with Gasteiger partial charge in [0, 0.05) is 5.56 Å². The van der Waals surface area contributed by atoms with Crippen LogP contribution in [0, 0.1) is 13.8 Å². The molecule has 1 heterocycles. The van der Waals surface area contributed by atoms with Gasteiger partial charge >= 0.3 is 0 Å². The molecular weight excluding hydrogens is 322 g/mol. The zero-order valence-electron chi connectivity index (χ0n) is 13.4. The van der Waals surface area contributed by atoms with Crippen molar-refractivity contribution in [2.45, 2.75) is 20.5 Å². The summed E-state index contributed by atoms with van der Waals surface area (Å²) in [7, 11) is 0. The molecule has 0 fully saturated rings. The summed E-state index contributed by atoms with van der Waals surface area (Å²) in [5.41, 5.74) is 3.57. The van der Waals surface area contributed by atoms with Crippen LogP contribution in [0.2, 0.25) is 0 Å². The molecule has 5 heteroatoms. The van der Waals surface area contributed by atoms with E-state index < -0.39 is 5.97 Å². The Labute approximate surface area is 144 Å². The first-order chi connectivity index (χ1) is 11.5. The number of rotatable bonds is 5. The van der Waals surface area contributed by atoms with E-state index in [-0.39, 0.29) is 4.88 Å². The van der Waals surface area contributed by atoms with Gasteiger partial charge in [0.1, 0.15) is 17.4 Å². The Morgan fingerprint density at radius 1 is 1.17 bits per heavy atom. The highest BCUT2D eigenvalue weighted by atomic mass is 32.1. The standard InChI is InChI=1S/C19H17NO3S/c1-12-4-3-5-16(10-12)23-11-14-6-8-15(9-7-14)18-20-13(2)17(24-18)19(21)22/h3-10H,11H2,1-2H3,(H,21,22)/p-1. The first-order valence-electron chi connectivity index (χ1n) is 7.50. The van der Waals surface area contributed by atoms with Gasteiger partial charge in [-0.1, -0.05) is 36.4 Å². The van der Waals surface area contributed by atoms with Crippen molar-refractivity contribution in [1.82, 2.24) is 4.98 Å². The number of thiazole rings is 1. The van der Waals surface area contributed by atoms with E-state index in [1.807, 2.05) is 55.5 Å². The number of carboxylic acid groups (broad SMARTS) is 1. The van der Waals surface area contributed by atoms with Gasteiger partial charge in [0.25, 0.3) is 0 Å². The molecule has 0 spiro atoms. The normalized spacial score (nSPS) is 10.6. The van der Waals surface area contributed by atoms with Crippen LogP contribution in [0.25, 0.3) is 10.6 Å². The van der Waals surface area contributed by atoms with Crippen molar-refractivity contribution in [3.63, 3.8) is 0 Å². The Kier molecular flexibility index (Phi) is 4.62. The van der Waals surface area contributed by atoms with Gasteiger partial charge in [-0.2, -0.15) is 0 Å². The van der Waals surface area contributed by atoms with E-state index in [1.165, 1.54) is 0 Å². The smallest absolute Gasteiger partial charge is 0.124 e. The summed E-state index contributed by atoms with van der Waals surface area (Å²) < 4.78 is 5.77. The van der Waals surface area contributed by atoms with Crippen molar-refractivity contribution >= 4 is 17.3 Å². The Bertz CT molecular complexity index is 869. The summed E-state index contributed by atoms with van der Waals surface area (Å²) in [5.74, 6) is -0.340. The summed E-state index contributed by atoms with van der Waals surface area (Å²) >= 11 is 1.13. The summed E-state index contributed by atoms with van der Waals surface area (Å²) in [5, 5.41) is 11.7. The maximum Gasteiger partial charge on any atom is 0.124 e. The van der Waals surface area contributed by atoms with Gasteiger partial charge in [-0.25, -0.2) is 4.98 Å². The lowest BCUT2D eigenvalue weighted by Gasteiger charge is -2.07. The minimum absolute atomic E-state index is 0.178. The number of nitrogens with zero attached hydrogens (tertiary/aromatic N) is 1. The first-order valence-corrected chi connectivity index (χ1v) is 8.32. The fourth-order valence-corrected chi connectivity index (χ4v) is 3.23. The van der Waals surface area contributed by atoms with Crippen LogP contribution in [0.15, 0.2) is 48.5 Å². The van der Waals surface area contributed by atoms with Gasteiger partial charge in [0.2, 0.25) is 0 Å². The average molecular weight is 338 g/mol. The van der Waals surface area contributed by atoms with Crippen LogP contribution in [-0.2, 0) is 6.61 Å². The number of hydrogen-bond acceptors (Lipinski definition) is 5. The van der Waals surface area contributed by atoms with E-state index in [0.29, 0.717) is 17.3 Å². The third kappa shape index (κ3) is 3.63. The zero-order valence-corrected chi connectivity index (χ0v) is 14.2. The second kappa shape index (κ2) is 6.84. The van der Waals surface area contributed by atoms with Gasteiger partial charge in [-0.15, -0.1) is 11.3 Å². The van der Waals surface area contributed by atoms with Crippen LogP contribution >= 0.6 is 11.3 Å². The van der Waals surface area contributed by atoms with E-state index in [1.54, 1.807) is 6.92 Å². The molecule has 3 aromatic rings. The maximum absolute atomic E-state index is 11.0. The van der Waals surface area contributed by atoms with E-state index in [4.69, 9.17) is 4.74 Å². The van der Waals surface area contributed by atoms with Crippen LogP contribution in [-0.4, -0.2) is 11.0 Å². The Balaban J connectivity index is 1.71. The summed E-state index contributed by atoms with van der Waals surface area (Å²) in [6.07, 6.45) is 0. The number of aryl methyl sites for hydroxylation is 2. The molecule has 2 aromatic carbocycles. The number of benzene rings is 2. The molecule has 0 amide bonds. The largest absolute Gasteiger partial charge is 0.544 e. The van der Waals surface area contributed by atoms with Crippen LogP contribution < -0.4 is 9.84 Å². The quantitative estimate of drug-likeness (QED) is 0.715. The SMILES string of the molecule is Cc1cccc(OCc2ccc(-c3nc(C)c(C(=O)[O-])s3)cc2)c1. The molecule has 0 saturated heterocycles. The molecule has 0 aliphatic heterocycles. The van der Waals surface area contributed by atoms with Crippen molar-refractivity contribution < 1.29 is 14.6 Å². The highest BCUT2D eigenvalue weighted by Gasteiger charge is 2.10. The van der Waals surface area contributed by atoms with Gasteiger partial charge < -0.3 is 14.6 Å². The lowest BCUT2D eigenvalue weighted by atomic mass is 10.1. The number of aromatic carboxylic acids is 1. The molecule has 0 saturated carbocycles. The topological polar surface area (TPSA) is 62.2 Å². The second-order valence-corrected chi connectivity index (χ2v) is 6.52. The number of hydrogen-bond donors (Lipinski definition) is 0. The van der Waals surface area contributed by atoms with E-state index >= 15 is 0 Å². The number of carbonyl (C=O) groups is 1. The predicted molar refractivity (Wildman–Crippen MR) is 92.1 cm³/mol. The maximum atomic E-state index is 11.0. The van der Waals surface area contributed by atoms with Crippen molar-refractivity contribution in [3.05, 3.63) is 70.2 Å². The number of aromatic nitrogens is 1. The Morgan fingerprint density at radius 3 is 2.54 bits per heavy atom. The predicted octanol–water partition coefficient (Wildman–Crippen LogP) is 3.37. The van der Waals surface area contributed by atoms with E-state index in [2.05, 4.69) is 4.98 Å². The summed E-state index contributed by atoms with van der Waals surface area (Å²) in [6.45, 7) is 4.18. The molecule has 0 unspecified atom stereocenters. The molecule has 0 aliphatic rings. The zero-order chi connectivity index (χ0) is 17.1. The number of ether oxygens (including phenoxy) is 1. The summed E-state index contributed by atoms with van der Waals surface area (Å²) in [4.78, 5) is 15.5. The second-order valence-electron chi connectivity index (χ2n) is 5.52. The third-order valence-electron chi connectivity index (χ3n) is 3.58. The van der Waals surface area contributed by atoms with Gasteiger partial charge in [-0.05, 0) is 37.1 Å². The van der Waals surface area contributed by atoms with E-state index in [9.17, 15) is 9.90 Å². The number of carboxylic acids is 1. The fourth-order valence-electron chi connectivity index (χ4n) is 2.32. The molecule has 0 radical (unpaired) electrons. The molecule has 0 bridgehead atoms. The molecule has 122 valence electrons. The van der Waals surface area contributed by atoms with Gasteiger partial charge in [0.05, 0.1) is 16.5 Å². The minimum atomic E-state index is -1.18. The molecule has 3 rings (SSSR count). The third-order valence-corrected chi connectivity index (χ3v) is 4.76. The minimum Gasteiger partial charge on any atom is -0.544 e. The van der Waals surface area contributed by atoms with Crippen molar-refractivity contribution in [1.29, 1.82) is 0 Å². The van der Waals surface area contributed by atoms with Crippen LogP contribution in [0.1, 0.15) is 26.5 Å². The molecule has 4 nitrogen and oxygen atoms in total. The lowest BCUT2D eigenvalue weighted by Crippen LogP contribution is -2.21. The van der Waals surface area contributed by atoms with Crippen LogP contribution in [0.3, 0.4) is 0 Å². The molecule has 0 aliphatic carbocycles. The molecule has 1 aromatic heterocycles. The van der Waals surface area contributed by atoms with Gasteiger partial charge in [-0.3, -0.25) is 0 Å². The first kappa shape index (κ1) is 16.2. The van der Waals surface area contributed by atoms with Crippen molar-refractivity contribution in [2.24, 2.45) is 0 Å². The van der Waals surface area contributed by atoms with Gasteiger partial charge in [0.15, 0.2) is 0 Å². The average Bonchev–Trinajstić information content (AvgIpc) is 2.96. The molecule has 0 N–H and O–H groups in total. The molecular formula is C19H16NO3S-. The highest BCUT2D eigenvalue weighted by Crippen LogP contribution is 2.28. The number of carbonyl (C=O) groups excluding carboxylic acids is 1. The Morgan fingerprint density at radius 2 is 1.92 bits per heavy atom. The fraction of sp³-hybridized carbons (Fsp3) is 0.158. The van der Waals surface area contributed by atoms with Crippen molar-refractivity contribution in [2.75, 3.05) is 0 Å². The Hall–Kier alpha value is -2.66. The van der Waals surface area contributed by atoms with Crippen LogP contribution in [0.5, 0.6) is 5.75 Å². The summed E-state index contributed by atoms with van der Waals surface area (Å²) in [6, 6.07) is 15.7. The van der Waals surface area contributed by atoms with Crippen molar-refractivity contribution in [3.8, 4) is 16.3 Å².